The van der Waals surface area contributed by atoms with E-state index in [1.165, 1.54) is 6.07 Å². The summed E-state index contributed by atoms with van der Waals surface area (Å²) in [5.74, 6) is -1.88. The number of aromatic nitrogens is 1. The number of ketones is 1. The zero-order valence-corrected chi connectivity index (χ0v) is 13.5. The topological polar surface area (TPSA) is 25.2 Å². The Morgan fingerprint density at radius 3 is 2.68 bits per heavy atom. The van der Waals surface area contributed by atoms with Crippen LogP contribution in [0.1, 0.15) is 21.6 Å². The Bertz CT molecular complexity index is 948. The molecule has 5 heteroatoms. The molecule has 126 valence electrons. The lowest BCUT2D eigenvalue weighted by atomic mass is 10.1. The third-order valence-corrected chi connectivity index (χ3v) is 4.52. The van der Waals surface area contributed by atoms with Crippen molar-refractivity contribution in [2.24, 2.45) is 0 Å². The molecule has 2 aromatic carbocycles. The van der Waals surface area contributed by atoms with Gasteiger partial charge in [-0.25, -0.2) is 8.78 Å². The molecule has 0 N–H and O–H groups in total. The van der Waals surface area contributed by atoms with Crippen LogP contribution in [0.25, 0.3) is 0 Å². The predicted molar refractivity (Wildman–Crippen MR) is 91.7 cm³/mol. The molecular weight excluding hydrogens is 322 g/mol. The first-order chi connectivity index (χ1) is 12.1. The molecular formula is C20H16F2N2O. The summed E-state index contributed by atoms with van der Waals surface area (Å²) in [6.07, 6.45) is 2.01. The van der Waals surface area contributed by atoms with Crippen LogP contribution in [0.15, 0.2) is 60.8 Å². The van der Waals surface area contributed by atoms with Gasteiger partial charge in [0.2, 0.25) is 0 Å². The van der Waals surface area contributed by atoms with Gasteiger partial charge in [-0.1, -0.05) is 18.2 Å². The fraction of sp³-hybridized carbons (Fsp3) is 0.150. The summed E-state index contributed by atoms with van der Waals surface area (Å²) in [4.78, 5) is 14.6. The molecule has 0 radical (unpaired) electrons. The van der Waals surface area contributed by atoms with Crippen molar-refractivity contribution < 1.29 is 13.6 Å². The number of halogens is 2. The van der Waals surface area contributed by atoms with Crippen molar-refractivity contribution in [1.29, 1.82) is 0 Å². The predicted octanol–water partition coefficient (Wildman–Crippen LogP) is 4.02. The van der Waals surface area contributed by atoms with Crippen LogP contribution in [0.2, 0.25) is 0 Å². The number of anilines is 1. The summed E-state index contributed by atoms with van der Waals surface area (Å²) >= 11 is 0. The molecule has 1 aliphatic heterocycles. The first-order valence-corrected chi connectivity index (χ1v) is 8.07. The molecule has 3 nitrogen and oxygen atoms in total. The average molecular weight is 338 g/mol. The highest BCUT2D eigenvalue weighted by Gasteiger charge is 2.22. The van der Waals surface area contributed by atoms with E-state index in [2.05, 4.69) is 4.57 Å². The minimum atomic E-state index is -0.823. The van der Waals surface area contributed by atoms with Crippen LogP contribution in [0.3, 0.4) is 0 Å². The fourth-order valence-electron chi connectivity index (χ4n) is 3.28. The van der Waals surface area contributed by atoms with Gasteiger partial charge in [-0.05, 0) is 35.9 Å². The van der Waals surface area contributed by atoms with E-state index in [0.29, 0.717) is 6.54 Å². The van der Waals surface area contributed by atoms with E-state index in [4.69, 9.17) is 0 Å². The number of carbonyl (C=O) groups excluding carboxylic acids is 1. The van der Waals surface area contributed by atoms with Gasteiger partial charge in [0.15, 0.2) is 5.78 Å². The molecule has 0 fully saturated rings. The standard InChI is InChI=1S/C20H16F2N2O/c21-15-7-8-17(18(22)10-15)20(25)13-24-12-16-5-3-9-23(16)11-14-4-1-2-6-19(14)24/h1-10H,11-13H2. The van der Waals surface area contributed by atoms with Crippen LogP contribution in [0, 0.1) is 11.6 Å². The number of para-hydroxylation sites is 1. The minimum absolute atomic E-state index is 0.0325. The second kappa shape index (κ2) is 6.16. The van der Waals surface area contributed by atoms with Gasteiger partial charge in [0.1, 0.15) is 11.6 Å². The Kier molecular flexibility index (Phi) is 3.84. The molecule has 0 unspecified atom stereocenters. The zero-order valence-electron chi connectivity index (χ0n) is 13.5. The maximum absolute atomic E-state index is 13.9. The van der Waals surface area contributed by atoms with Gasteiger partial charge in [0, 0.05) is 30.2 Å². The molecule has 0 spiro atoms. The van der Waals surface area contributed by atoms with Crippen molar-refractivity contribution in [3.05, 3.63) is 89.2 Å². The molecule has 0 amide bonds. The lowest BCUT2D eigenvalue weighted by Crippen LogP contribution is -2.30. The van der Waals surface area contributed by atoms with Crippen molar-refractivity contribution in [2.75, 3.05) is 11.4 Å². The number of rotatable bonds is 3. The van der Waals surface area contributed by atoms with E-state index < -0.39 is 11.6 Å². The molecule has 3 aromatic rings. The monoisotopic (exact) mass is 338 g/mol. The highest BCUT2D eigenvalue weighted by molar-refractivity contribution is 5.99. The van der Waals surface area contributed by atoms with Gasteiger partial charge < -0.3 is 9.47 Å². The number of hydrogen-bond donors (Lipinski definition) is 0. The van der Waals surface area contributed by atoms with Gasteiger partial charge in [-0.2, -0.15) is 0 Å². The smallest absolute Gasteiger partial charge is 0.185 e. The highest BCUT2D eigenvalue weighted by Crippen LogP contribution is 2.28. The van der Waals surface area contributed by atoms with Gasteiger partial charge >= 0.3 is 0 Å². The maximum atomic E-state index is 13.9. The summed E-state index contributed by atoms with van der Waals surface area (Å²) in [5.41, 5.74) is 3.06. The Morgan fingerprint density at radius 1 is 1.00 bits per heavy atom. The van der Waals surface area contributed by atoms with Crippen molar-refractivity contribution >= 4 is 11.5 Å². The van der Waals surface area contributed by atoms with Gasteiger partial charge in [-0.3, -0.25) is 4.79 Å². The Labute approximate surface area is 144 Å². The Hall–Kier alpha value is -2.95. The van der Waals surface area contributed by atoms with E-state index in [1.54, 1.807) is 0 Å². The zero-order chi connectivity index (χ0) is 17.4. The van der Waals surface area contributed by atoms with Crippen LogP contribution in [0.5, 0.6) is 0 Å². The molecule has 0 aliphatic carbocycles. The summed E-state index contributed by atoms with van der Waals surface area (Å²) in [7, 11) is 0. The number of nitrogens with zero attached hydrogens (tertiary/aromatic N) is 2. The second-order valence-corrected chi connectivity index (χ2v) is 6.16. The van der Waals surface area contributed by atoms with Crippen molar-refractivity contribution in [1.82, 2.24) is 4.57 Å². The quantitative estimate of drug-likeness (QED) is 0.674. The molecule has 2 heterocycles. The Balaban J connectivity index is 1.68. The summed E-state index contributed by atoms with van der Waals surface area (Å²) in [6, 6.07) is 14.9. The van der Waals surface area contributed by atoms with E-state index in [-0.39, 0.29) is 17.9 Å². The van der Waals surface area contributed by atoms with E-state index in [1.807, 2.05) is 47.5 Å². The third kappa shape index (κ3) is 2.93. The molecule has 1 aromatic heterocycles. The molecule has 1 aliphatic rings. The number of fused-ring (bicyclic) bond motifs is 2. The lowest BCUT2D eigenvalue weighted by molar-refractivity contribution is 0.0994. The average Bonchev–Trinajstić information content (AvgIpc) is 2.95. The van der Waals surface area contributed by atoms with Gasteiger partial charge in [0.25, 0.3) is 0 Å². The first-order valence-electron chi connectivity index (χ1n) is 8.07. The fourth-order valence-corrected chi connectivity index (χ4v) is 3.28. The SMILES string of the molecule is O=C(CN1Cc2cccn2Cc2ccccc21)c1ccc(F)cc1F. The normalized spacial score (nSPS) is 13.1. The molecule has 0 atom stereocenters. The summed E-state index contributed by atoms with van der Waals surface area (Å²) in [6.45, 7) is 1.32. The summed E-state index contributed by atoms with van der Waals surface area (Å²) in [5, 5.41) is 0. The van der Waals surface area contributed by atoms with E-state index in [0.717, 1.165) is 35.6 Å². The van der Waals surface area contributed by atoms with Crippen LogP contribution in [-0.2, 0) is 13.1 Å². The summed E-state index contributed by atoms with van der Waals surface area (Å²) < 4.78 is 29.2. The molecule has 0 bridgehead atoms. The lowest BCUT2D eigenvalue weighted by Gasteiger charge is -2.24. The molecule has 25 heavy (non-hydrogen) atoms. The molecule has 4 rings (SSSR count). The number of hydrogen-bond acceptors (Lipinski definition) is 2. The number of benzene rings is 2. The third-order valence-electron chi connectivity index (χ3n) is 4.52. The maximum Gasteiger partial charge on any atom is 0.185 e. The van der Waals surface area contributed by atoms with Gasteiger partial charge in [-0.15, -0.1) is 0 Å². The first kappa shape index (κ1) is 15.6. The van der Waals surface area contributed by atoms with Crippen molar-refractivity contribution in [2.45, 2.75) is 13.1 Å². The van der Waals surface area contributed by atoms with Crippen LogP contribution < -0.4 is 4.90 Å². The number of carbonyl (C=O) groups is 1. The second-order valence-electron chi connectivity index (χ2n) is 6.16. The van der Waals surface area contributed by atoms with Gasteiger partial charge in [0.05, 0.1) is 18.7 Å². The highest BCUT2D eigenvalue weighted by atomic mass is 19.1. The van der Waals surface area contributed by atoms with E-state index >= 15 is 0 Å². The molecule has 0 saturated carbocycles. The van der Waals surface area contributed by atoms with E-state index in [9.17, 15) is 13.6 Å². The van der Waals surface area contributed by atoms with Crippen LogP contribution >= 0.6 is 0 Å². The Morgan fingerprint density at radius 2 is 1.84 bits per heavy atom. The molecule has 0 saturated heterocycles. The van der Waals surface area contributed by atoms with Crippen LogP contribution in [0.4, 0.5) is 14.5 Å². The largest absolute Gasteiger partial charge is 0.358 e. The van der Waals surface area contributed by atoms with Crippen molar-refractivity contribution in [3.8, 4) is 0 Å². The van der Waals surface area contributed by atoms with Crippen molar-refractivity contribution in [3.63, 3.8) is 0 Å². The minimum Gasteiger partial charge on any atom is -0.358 e. The number of Topliss-reactive ketones (excluding diaryl/α,β-unsaturated/α-hetero) is 1. The van der Waals surface area contributed by atoms with Crippen LogP contribution in [-0.4, -0.2) is 16.9 Å².